The summed E-state index contributed by atoms with van der Waals surface area (Å²) in [6, 6.07) is 0. The Morgan fingerprint density at radius 3 is 3.00 bits per heavy atom. The molecule has 0 aromatic heterocycles. The summed E-state index contributed by atoms with van der Waals surface area (Å²) >= 11 is 0.299. The molecule has 0 atom stereocenters. The van der Waals surface area contributed by atoms with Crippen LogP contribution in [0.15, 0.2) is 14.8 Å². The van der Waals surface area contributed by atoms with Crippen LogP contribution < -0.4 is 0 Å². The molecule has 0 fully saturated rings. The first kappa shape index (κ1) is 3.29. The summed E-state index contributed by atoms with van der Waals surface area (Å²) in [5.74, 6) is 0. The molecule has 0 unspecified atom stereocenters. The molecule has 5 heavy (non-hydrogen) atoms. The van der Waals surface area contributed by atoms with E-state index in [1.165, 1.54) is 0 Å². The van der Waals surface area contributed by atoms with Crippen molar-refractivity contribution in [2.45, 2.75) is 0 Å². The van der Waals surface area contributed by atoms with Gasteiger partial charge in [-0.25, -0.2) is 0 Å². The van der Waals surface area contributed by atoms with Crippen LogP contribution in [0.5, 0.6) is 0 Å². The Kier molecular flexibility index (Phi) is 0.997. The molecule has 0 amide bonds. The van der Waals surface area contributed by atoms with Crippen molar-refractivity contribution in [2.24, 2.45) is 3.86 Å². The average molecular weight is 129 g/mol. The van der Waals surface area contributed by atoms with Crippen LogP contribution >= 0.6 is 0 Å². The van der Waals surface area contributed by atoms with Gasteiger partial charge in [0, 0.05) is 0 Å². The number of nitrogens with zero attached hydrogens (tertiary/aromatic N) is 1. The van der Waals surface area contributed by atoms with Crippen LogP contribution in [0.2, 0.25) is 0 Å². The fourth-order valence-corrected chi connectivity index (χ4v) is 1.22. The van der Waals surface area contributed by atoms with Crippen LogP contribution in [-0.4, -0.2) is 22.1 Å². The standard InChI is InChI=1S/C3H4AsN/c1-2-4-5-3-1/h1-2H,3H2. The first-order valence-electron chi connectivity index (χ1n) is 1.52. The van der Waals surface area contributed by atoms with E-state index in [1.54, 1.807) is 0 Å². The van der Waals surface area contributed by atoms with Crippen molar-refractivity contribution in [2.75, 3.05) is 6.54 Å². The SMILES string of the molecule is C1=C[As]=NC1. The van der Waals surface area contributed by atoms with Gasteiger partial charge in [0.2, 0.25) is 0 Å². The van der Waals surface area contributed by atoms with Gasteiger partial charge in [-0.2, -0.15) is 0 Å². The van der Waals surface area contributed by atoms with Gasteiger partial charge in [0.25, 0.3) is 0 Å². The van der Waals surface area contributed by atoms with Crippen molar-refractivity contribution < 1.29 is 0 Å². The molecule has 1 nitrogen and oxygen atoms in total. The van der Waals surface area contributed by atoms with Crippen molar-refractivity contribution in [3.05, 3.63) is 10.9 Å². The van der Waals surface area contributed by atoms with E-state index < -0.39 is 0 Å². The molecule has 0 aliphatic carbocycles. The van der Waals surface area contributed by atoms with Crippen LogP contribution in [0.4, 0.5) is 0 Å². The second-order valence-electron chi connectivity index (χ2n) is 0.824. The molecule has 1 aliphatic heterocycles. The van der Waals surface area contributed by atoms with Crippen LogP contribution in [0, 0.1) is 0 Å². The molecule has 1 aliphatic rings. The molecule has 0 spiro atoms. The van der Waals surface area contributed by atoms with Crippen molar-refractivity contribution in [1.29, 1.82) is 0 Å². The van der Waals surface area contributed by atoms with E-state index in [0.29, 0.717) is 15.6 Å². The zero-order valence-corrected chi connectivity index (χ0v) is 4.63. The van der Waals surface area contributed by atoms with Gasteiger partial charge in [0.05, 0.1) is 0 Å². The first-order chi connectivity index (χ1) is 2.50. The Labute approximate surface area is 37.6 Å². The fraction of sp³-hybridized carbons (Fsp3) is 0.333. The predicted octanol–water partition coefficient (Wildman–Crippen LogP) is 0.401. The molecule has 1 heterocycles. The zero-order chi connectivity index (χ0) is 3.54. The van der Waals surface area contributed by atoms with Gasteiger partial charge in [0.1, 0.15) is 0 Å². The Hall–Kier alpha value is 0.0984. The van der Waals surface area contributed by atoms with E-state index in [2.05, 4.69) is 14.8 Å². The van der Waals surface area contributed by atoms with E-state index >= 15 is 0 Å². The van der Waals surface area contributed by atoms with Crippen molar-refractivity contribution in [1.82, 2.24) is 0 Å². The van der Waals surface area contributed by atoms with Gasteiger partial charge in [-0.1, -0.05) is 0 Å². The van der Waals surface area contributed by atoms with Gasteiger partial charge < -0.3 is 0 Å². The Balaban J connectivity index is 2.61. The fourth-order valence-electron chi connectivity index (χ4n) is 0.236. The summed E-state index contributed by atoms with van der Waals surface area (Å²) in [4.78, 5) is 2.16. The molecule has 0 aromatic rings. The Morgan fingerprint density at radius 1 is 1.80 bits per heavy atom. The van der Waals surface area contributed by atoms with Crippen LogP contribution in [0.1, 0.15) is 0 Å². The molecule has 26 valence electrons. The van der Waals surface area contributed by atoms with Gasteiger partial charge in [-0.05, 0) is 0 Å². The third kappa shape index (κ3) is 0.694. The third-order valence-corrected chi connectivity index (χ3v) is 1.85. The molecular formula is C3H4AsN. The Bertz CT molecular complexity index is 65.0. The number of hydrogen-bond acceptors (Lipinski definition) is 1. The first-order valence-corrected chi connectivity index (χ1v) is 3.44. The molecule has 0 saturated heterocycles. The van der Waals surface area contributed by atoms with Gasteiger partial charge in [0.15, 0.2) is 0 Å². The van der Waals surface area contributed by atoms with Gasteiger partial charge in [-0.15, -0.1) is 0 Å². The maximum atomic E-state index is 4.07. The summed E-state index contributed by atoms with van der Waals surface area (Å²) in [5.41, 5.74) is 0. The second-order valence-corrected chi connectivity index (χ2v) is 2.53. The van der Waals surface area contributed by atoms with E-state index in [4.69, 9.17) is 0 Å². The number of rotatable bonds is 0. The maximum absolute atomic E-state index is 4.07. The summed E-state index contributed by atoms with van der Waals surface area (Å²) in [6.45, 7) is 0.986. The van der Waals surface area contributed by atoms with Gasteiger partial charge in [-0.3, -0.25) is 0 Å². The monoisotopic (exact) mass is 129 g/mol. The molecule has 0 radical (unpaired) electrons. The van der Waals surface area contributed by atoms with Crippen LogP contribution in [0.25, 0.3) is 0 Å². The number of hydrogen-bond donors (Lipinski definition) is 0. The topological polar surface area (TPSA) is 12.4 Å². The minimum atomic E-state index is 0.299. The summed E-state index contributed by atoms with van der Waals surface area (Å²) in [5, 5.41) is 0. The van der Waals surface area contributed by atoms with E-state index in [-0.39, 0.29) is 0 Å². The van der Waals surface area contributed by atoms with E-state index in [0.717, 1.165) is 6.54 Å². The van der Waals surface area contributed by atoms with E-state index in [9.17, 15) is 0 Å². The quantitative estimate of drug-likeness (QED) is 0.420. The molecule has 0 N–H and O–H groups in total. The van der Waals surface area contributed by atoms with Crippen molar-refractivity contribution in [3.63, 3.8) is 0 Å². The molecule has 0 aromatic carbocycles. The average Bonchev–Trinajstić information content (AvgIpc) is 1.76. The molecule has 0 saturated carbocycles. The second kappa shape index (κ2) is 1.51. The summed E-state index contributed by atoms with van der Waals surface area (Å²) in [7, 11) is 0. The predicted molar refractivity (Wildman–Crippen MR) is 22.2 cm³/mol. The third-order valence-electron chi connectivity index (χ3n) is 0.441. The van der Waals surface area contributed by atoms with Gasteiger partial charge >= 0.3 is 36.9 Å². The normalized spacial score (nSPS) is 20.8. The van der Waals surface area contributed by atoms with E-state index in [1.807, 2.05) is 0 Å². The summed E-state index contributed by atoms with van der Waals surface area (Å²) < 4.78 is 4.07. The minimum absolute atomic E-state index is 0.299. The van der Waals surface area contributed by atoms with Crippen LogP contribution in [0.3, 0.4) is 0 Å². The van der Waals surface area contributed by atoms with Crippen molar-refractivity contribution in [3.8, 4) is 0 Å². The van der Waals surface area contributed by atoms with Crippen molar-refractivity contribution >= 4 is 15.6 Å². The van der Waals surface area contributed by atoms with Crippen LogP contribution in [-0.2, 0) is 0 Å². The molecule has 2 heteroatoms. The summed E-state index contributed by atoms with van der Waals surface area (Å²) in [6.07, 6.45) is 2.11. The zero-order valence-electron chi connectivity index (χ0n) is 2.76. The molecule has 0 bridgehead atoms. The Morgan fingerprint density at radius 2 is 2.80 bits per heavy atom. The molecular weight excluding hydrogens is 125 g/mol. The molecule has 1 rings (SSSR count).